The maximum atomic E-state index is 12.5. The Labute approximate surface area is 159 Å². The Morgan fingerprint density at radius 1 is 1.40 bits per heavy atom. The van der Waals surface area contributed by atoms with Crippen LogP contribution in [0.15, 0.2) is 35.5 Å². The van der Waals surface area contributed by atoms with Crippen LogP contribution in [0.25, 0.3) is 0 Å². The highest BCUT2D eigenvalue weighted by Gasteiger charge is 2.35. The highest BCUT2D eigenvalue weighted by molar-refractivity contribution is 7.80. The van der Waals surface area contributed by atoms with E-state index in [-0.39, 0.29) is 5.97 Å². The zero-order chi connectivity index (χ0) is 18.6. The van der Waals surface area contributed by atoms with Crippen LogP contribution in [0.4, 0.5) is 0 Å². The quantitative estimate of drug-likeness (QED) is 0.577. The van der Waals surface area contributed by atoms with Crippen LogP contribution in [0.3, 0.4) is 0 Å². The first kappa shape index (κ1) is 19.7. The van der Waals surface area contributed by atoms with Gasteiger partial charge >= 0.3 is 5.97 Å². The Kier molecular flexibility index (Phi) is 6.81. The second kappa shape index (κ2) is 8.65. The van der Waals surface area contributed by atoms with Crippen LogP contribution < -0.4 is 10.2 Å². The maximum Gasteiger partial charge on any atom is 0.337 e. The Balaban J connectivity index is 2.40. The first-order valence-electron chi connectivity index (χ1n) is 8.27. The average molecular weight is 383 g/mol. The van der Waals surface area contributed by atoms with E-state index in [9.17, 15) is 4.79 Å². The van der Waals surface area contributed by atoms with Crippen LogP contribution in [0, 0.1) is 0 Å². The molecule has 1 aromatic carbocycles. The molecule has 136 valence electrons. The summed E-state index contributed by atoms with van der Waals surface area (Å²) in [6, 6.07) is 7.03. The van der Waals surface area contributed by atoms with Crippen molar-refractivity contribution in [3.63, 3.8) is 0 Å². The Morgan fingerprint density at radius 3 is 2.68 bits per heavy atom. The van der Waals surface area contributed by atoms with Crippen molar-refractivity contribution in [1.29, 1.82) is 0 Å². The van der Waals surface area contributed by atoms with Gasteiger partial charge in [0.15, 0.2) is 5.11 Å². The van der Waals surface area contributed by atoms with Crippen molar-refractivity contribution in [3.05, 3.63) is 46.1 Å². The summed E-state index contributed by atoms with van der Waals surface area (Å²) < 4.78 is 5.02. The third kappa shape index (κ3) is 4.51. The van der Waals surface area contributed by atoms with Crippen LogP contribution in [-0.2, 0) is 9.53 Å². The molecule has 2 N–H and O–H groups in total. The predicted molar refractivity (Wildman–Crippen MR) is 104 cm³/mol. The smallest absolute Gasteiger partial charge is 0.337 e. The van der Waals surface area contributed by atoms with Crippen LogP contribution in [0.2, 0.25) is 5.02 Å². The maximum absolute atomic E-state index is 12.5. The monoisotopic (exact) mass is 382 g/mol. The number of nitrogens with one attached hydrogen (secondary N) is 2. The molecule has 0 amide bonds. The van der Waals surface area contributed by atoms with Crippen LogP contribution in [-0.4, -0.2) is 50.3 Å². The van der Waals surface area contributed by atoms with Gasteiger partial charge in [-0.25, -0.2) is 4.79 Å². The van der Waals surface area contributed by atoms with Gasteiger partial charge in [0.25, 0.3) is 0 Å². The molecule has 1 aliphatic rings. The Morgan fingerprint density at radius 2 is 2.08 bits per heavy atom. The number of hydrogen-bond donors (Lipinski definition) is 2. The lowest BCUT2D eigenvalue weighted by atomic mass is 9.95. The fraction of sp³-hybridized carbons (Fsp3) is 0.444. The number of allylic oxidation sites excluding steroid dienone is 1. The molecule has 7 heteroatoms. The molecule has 0 saturated carbocycles. The average Bonchev–Trinajstić information content (AvgIpc) is 2.57. The molecule has 0 aliphatic carbocycles. The lowest BCUT2D eigenvalue weighted by Gasteiger charge is -2.37. The van der Waals surface area contributed by atoms with Gasteiger partial charge in [0, 0.05) is 23.7 Å². The number of halogens is 1. The molecule has 1 atom stereocenters. The summed E-state index contributed by atoms with van der Waals surface area (Å²) in [6.07, 6.45) is 0.965. The molecule has 0 radical (unpaired) electrons. The van der Waals surface area contributed by atoms with Crippen molar-refractivity contribution in [2.24, 2.45) is 0 Å². The number of nitrogens with zero attached hydrogens (tertiary/aromatic N) is 1. The number of quaternary nitrogens is 1. The van der Waals surface area contributed by atoms with Gasteiger partial charge < -0.3 is 19.9 Å². The second-order valence-electron chi connectivity index (χ2n) is 6.36. The van der Waals surface area contributed by atoms with Crippen LogP contribution >= 0.6 is 23.8 Å². The van der Waals surface area contributed by atoms with Crippen molar-refractivity contribution in [2.75, 3.05) is 34.3 Å². The van der Waals surface area contributed by atoms with E-state index in [1.165, 1.54) is 12.0 Å². The first-order valence-corrected chi connectivity index (χ1v) is 9.06. The number of thiocarbonyl (C=S) groups is 1. The van der Waals surface area contributed by atoms with E-state index in [1.807, 2.05) is 30.0 Å². The van der Waals surface area contributed by atoms with E-state index in [4.69, 9.17) is 28.6 Å². The zero-order valence-corrected chi connectivity index (χ0v) is 16.6. The second-order valence-corrected chi connectivity index (χ2v) is 7.15. The Bertz CT molecular complexity index is 691. The standard InChI is InChI=1S/C18H24ClN3O2S/c1-12-15(17(23)24-4)16(13-8-5-6-9-14(13)19)20-18(25)22(12)11-7-10-21(2)3/h5-6,8-9,16H,7,10-11H2,1-4H3,(H,20,25)/p+1/t16-/m1/s1. The summed E-state index contributed by atoms with van der Waals surface area (Å²) in [5, 5.41) is 4.45. The van der Waals surface area contributed by atoms with Crippen molar-refractivity contribution in [2.45, 2.75) is 19.4 Å². The summed E-state index contributed by atoms with van der Waals surface area (Å²) in [5.41, 5.74) is 2.17. The topological polar surface area (TPSA) is 46.0 Å². The molecule has 1 aromatic rings. The molecule has 25 heavy (non-hydrogen) atoms. The minimum Gasteiger partial charge on any atom is -0.466 e. The predicted octanol–water partition coefficient (Wildman–Crippen LogP) is 1.55. The molecule has 2 rings (SSSR count). The van der Waals surface area contributed by atoms with E-state index >= 15 is 0 Å². The minimum absolute atomic E-state index is 0.374. The molecular formula is C18H25ClN3O2S+. The molecule has 0 unspecified atom stereocenters. The van der Waals surface area contributed by atoms with Crippen molar-refractivity contribution in [1.82, 2.24) is 10.2 Å². The first-order chi connectivity index (χ1) is 11.9. The normalized spacial score (nSPS) is 17.8. The molecule has 0 aromatic heterocycles. The Hall–Kier alpha value is -1.63. The highest BCUT2D eigenvalue weighted by Crippen LogP contribution is 2.34. The highest BCUT2D eigenvalue weighted by atomic mass is 35.5. The number of hydrogen-bond acceptors (Lipinski definition) is 3. The number of rotatable bonds is 6. The largest absolute Gasteiger partial charge is 0.466 e. The number of ether oxygens (including phenoxy) is 1. The number of benzene rings is 1. The van der Waals surface area contributed by atoms with Gasteiger partial charge in [0.1, 0.15) is 0 Å². The van der Waals surface area contributed by atoms with Gasteiger partial charge in [0.05, 0.1) is 39.4 Å². The molecule has 0 spiro atoms. The van der Waals surface area contributed by atoms with Gasteiger partial charge in [-0.05, 0) is 30.8 Å². The van der Waals surface area contributed by atoms with Crippen LogP contribution in [0.1, 0.15) is 24.9 Å². The lowest BCUT2D eigenvalue weighted by Crippen LogP contribution is -3.05. The summed E-state index contributed by atoms with van der Waals surface area (Å²) >= 11 is 11.9. The van der Waals surface area contributed by atoms with Gasteiger partial charge in [-0.3, -0.25) is 0 Å². The van der Waals surface area contributed by atoms with Gasteiger partial charge in [0.2, 0.25) is 0 Å². The van der Waals surface area contributed by atoms with Crippen molar-refractivity contribution < 1.29 is 14.4 Å². The van der Waals surface area contributed by atoms with Crippen LogP contribution in [0.5, 0.6) is 0 Å². The van der Waals surface area contributed by atoms with Gasteiger partial charge in [-0.15, -0.1) is 0 Å². The SMILES string of the molecule is COC(=O)C1=C(C)N(CCC[NH+](C)C)C(=S)N[C@@H]1c1ccccc1Cl. The minimum atomic E-state index is -0.413. The molecular weight excluding hydrogens is 358 g/mol. The molecule has 0 bridgehead atoms. The number of carbonyl (C=O) groups is 1. The number of esters is 1. The van der Waals surface area contributed by atoms with E-state index in [2.05, 4.69) is 19.4 Å². The zero-order valence-electron chi connectivity index (χ0n) is 15.1. The number of carbonyl (C=O) groups excluding carboxylic acids is 1. The van der Waals surface area contributed by atoms with E-state index in [0.29, 0.717) is 15.7 Å². The van der Waals surface area contributed by atoms with Crippen molar-refractivity contribution in [3.8, 4) is 0 Å². The molecule has 5 nitrogen and oxygen atoms in total. The number of methoxy groups -OCH3 is 1. The van der Waals surface area contributed by atoms with Gasteiger partial charge in [-0.2, -0.15) is 0 Å². The van der Waals surface area contributed by atoms with E-state index < -0.39 is 6.04 Å². The molecule has 1 aliphatic heterocycles. The summed E-state index contributed by atoms with van der Waals surface area (Å²) in [6.45, 7) is 3.68. The lowest BCUT2D eigenvalue weighted by molar-refractivity contribution is -0.858. The third-order valence-corrected chi connectivity index (χ3v) is 4.96. The molecule has 0 fully saturated rings. The summed E-state index contributed by atoms with van der Waals surface area (Å²) in [4.78, 5) is 15.8. The van der Waals surface area contributed by atoms with E-state index in [1.54, 1.807) is 6.07 Å². The van der Waals surface area contributed by atoms with E-state index in [0.717, 1.165) is 30.8 Å². The van der Waals surface area contributed by atoms with Crippen molar-refractivity contribution >= 4 is 34.9 Å². The molecule has 0 saturated heterocycles. The molecule has 1 heterocycles. The fourth-order valence-corrected chi connectivity index (χ4v) is 3.55. The van der Waals surface area contributed by atoms with Gasteiger partial charge in [-0.1, -0.05) is 29.8 Å². The summed E-state index contributed by atoms with van der Waals surface area (Å²) in [5.74, 6) is -0.374. The summed E-state index contributed by atoms with van der Waals surface area (Å²) in [7, 11) is 5.62. The third-order valence-electron chi connectivity index (χ3n) is 4.28. The fourth-order valence-electron chi connectivity index (χ4n) is 2.96.